The van der Waals surface area contributed by atoms with E-state index in [-0.39, 0.29) is 23.8 Å². The number of carbonyl (C=O) groups is 2. The van der Waals surface area contributed by atoms with E-state index in [9.17, 15) is 9.59 Å². The van der Waals surface area contributed by atoms with Gasteiger partial charge in [0.2, 0.25) is 5.91 Å². The van der Waals surface area contributed by atoms with Crippen LogP contribution in [0, 0.1) is 11.3 Å². The Kier molecular flexibility index (Phi) is 6.46. The molecule has 0 bridgehead atoms. The van der Waals surface area contributed by atoms with Gasteiger partial charge in [0.25, 0.3) is 0 Å². The van der Waals surface area contributed by atoms with Gasteiger partial charge in [0.1, 0.15) is 0 Å². The molecular formula is C15H28N2O3. The number of carbonyl (C=O) groups excluding carboxylic acids is 1. The maximum atomic E-state index is 12.0. The first kappa shape index (κ1) is 17.0. The van der Waals surface area contributed by atoms with E-state index in [1.165, 1.54) is 0 Å². The highest BCUT2D eigenvalue weighted by Gasteiger charge is 2.23. The summed E-state index contributed by atoms with van der Waals surface area (Å²) in [7, 11) is 0. The SMILES string of the molecule is CC(C)(C)CC(CC(=O)O)NC(=O)CCC1CCNC1. The predicted molar refractivity (Wildman–Crippen MR) is 78.5 cm³/mol. The molecule has 20 heavy (non-hydrogen) atoms. The van der Waals surface area contributed by atoms with Crippen LogP contribution in [-0.4, -0.2) is 36.1 Å². The average molecular weight is 284 g/mol. The second-order valence-corrected chi connectivity index (χ2v) is 7.02. The maximum absolute atomic E-state index is 12.0. The summed E-state index contributed by atoms with van der Waals surface area (Å²) in [6.07, 6.45) is 3.18. The topological polar surface area (TPSA) is 78.4 Å². The Bertz CT molecular complexity index is 331. The molecule has 1 rings (SSSR count). The highest BCUT2D eigenvalue weighted by atomic mass is 16.4. The molecule has 2 atom stereocenters. The van der Waals surface area contributed by atoms with Gasteiger partial charge in [-0.05, 0) is 43.7 Å². The molecule has 1 aliphatic rings. The van der Waals surface area contributed by atoms with Crippen molar-refractivity contribution in [2.45, 2.75) is 58.9 Å². The number of hydrogen-bond acceptors (Lipinski definition) is 3. The number of carboxylic acid groups (broad SMARTS) is 1. The molecule has 0 radical (unpaired) electrons. The lowest BCUT2D eigenvalue weighted by molar-refractivity contribution is -0.137. The van der Waals surface area contributed by atoms with Crippen molar-refractivity contribution < 1.29 is 14.7 Å². The standard InChI is InChI=1S/C15H28N2O3/c1-15(2,3)9-12(8-14(19)20)17-13(18)5-4-11-6-7-16-10-11/h11-12,16H,4-10H2,1-3H3,(H,17,18)(H,19,20). The molecule has 0 aromatic carbocycles. The van der Waals surface area contributed by atoms with Crippen LogP contribution in [0.3, 0.4) is 0 Å². The van der Waals surface area contributed by atoms with E-state index >= 15 is 0 Å². The normalized spacial score (nSPS) is 20.6. The van der Waals surface area contributed by atoms with E-state index in [0.717, 1.165) is 25.9 Å². The molecule has 1 amide bonds. The van der Waals surface area contributed by atoms with Crippen molar-refractivity contribution in [1.29, 1.82) is 0 Å². The summed E-state index contributed by atoms with van der Waals surface area (Å²) in [5.74, 6) is -0.298. The first-order valence-corrected chi connectivity index (χ1v) is 7.48. The Morgan fingerprint density at radius 2 is 2.10 bits per heavy atom. The molecule has 1 fully saturated rings. The minimum Gasteiger partial charge on any atom is -0.481 e. The summed E-state index contributed by atoms with van der Waals surface area (Å²) >= 11 is 0. The number of aliphatic carboxylic acids is 1. The van der Waals surface area contributed by atoms with Crippen molar-refractivity contribution in [3.8, 4) is 0 Å². The number of carboxylic acids is 1. The maximum Gasteiger partial charge on any atom is 0.305 e. The van der Waals surface area contributed by atoms with E-state index in [0.29, 0.717) is 18.8 Å². The molecule has 1 aliphatic heterocycles. The molecule has 5 heteroatoms. The largest absolute Gasteiger partial charge is 0.481 e. The van der Waals surface area contributed by atoms with Crippen molar-refractivity contribution >= 4 is 11.9 Å². The molecule has 1 heterocycles. The number of hydrogen-bond donors (Lipinski definition) is 3. The van der Waals surface area contributed by atoms with Crippen molar-refractivity contribution in [3.63, 3.8) is 0 Å². The van der Waals surface area contributed by atoms with E-state index in [1.54, 1.807) is 0 Å². The minimum absolute atomic E-state index is 0.00275. The van der Waals surface area contributed by atoms with Gasteiger partial charge in [-0.3, -0.25) is 9.59 Å². The molecule has 1 saturated heterocycles. The van der Waals surface area contributed by atoms with Crippen LogP contribution in [0.5, 0.6) is 0 Å². The van der Waals surface area contributed by atoms with Gasteiger partial charge >= 0.3 is 5.97 Å². The Morgan fingerprint density at radius 3 is 2.60 bits per heavy atom. The van der Waals surface area contributed by atoms with Gasteiger partial charge in [-0.2, -0.15) is 0 Å². The van der Waals surface area contributed by atoms with E-state index < -0.39 is 5.97 Å². The fourth-order valence-electron chi connectivity index (χ4n) is 2.72. The fraction of sp³-hybridized carbons (Fsp3) is 0.867. The van der Waals surface area contributed by atoms with E-state index in [1.807, 2.05) is 0 Å². The second kappa shape index (κ2) is 7.62. The molecule has 0 spiro atoms. The highest BCUT2D eigenvalue weighted by Crippen LogP contribution is 2.22. The summed E-state index contributed by atoms with van der Waals surface area (Å²) in [5, 5.41) is 15.1. The van der Waals surface area contributed by atoms with Crippen LogP contribution in [0.15, 0.2) is 0 Å². The Hall–Kier alpha value is -1.10. The monoisotopic (exact) mass is 284 g/mol. The van der Waals surface area contributed by atoms with Gasteiger partial charge in [-0.15, -0.1) is 0 Å². The third kappa shape index (κ3) is 7.48. The van der Waals surface area contributed by atoms with Gasteiger partial charge in [0.05, 0.1) is 6.42 Å². The van der Waals surface area contributed by atoms with Crippen molar-refractivity contribution in [1.82, 2.24) is 10.6 Å². The molecule has 3 N–H and O–H groups in total. The third-order valence-electron chi connectivity index (χ3n) is 3.59. The van der Waals surface area contributed by atoms with Gasteiger partial charge < -0.3 is 15.7 Å². The first-order chi connectivity index (χ1) is 9.26. The van der Waals surface area contributed by atoms with E-state index in [4.69, 9.17) is 5.11 Å². The first-order valence-electron chi connectivity index (χ1n) is 7.48. The summed E-state index contributed by atoms with van der Waals surface area (Å²) in [4.78, 5) is 22.8. The zero-order chi connectivity index (χ0) is 15.2. The third-order valence-corrected chi connectivity index (χ3v) is 3.59. The van der Waals surface area contributed by atoms with Crippen molar-refractivity contribution in [2.75, 3.05) is 13.1 Å². The van der Waals surface area contributed by atoms with Crippen molar-refractivity contribution in [3.05, 3.63) is 0 Å². The highest BCUT2D eigenvalue weighted by molar-refractivity contribution is 5.77. The lowest BCUT2D eigenvalue weighted by atomic mass is 9.87. The number of amides is 1. The predicted octanol–water partition coefficient (Wildman–Crippen LogP) is 1.77. The van der Waals surface area contributed by atoms with Crippen LogP contribution in [-0.2, 0) is 9.59 Å². The zero-order valence-electron chi connectivity index (χ0n) is 12.9. The van der Waals surface area contributed by atoms with Crippen molar-refractivity contribution in [2.24, 2.45) is 11.3 Å². The molecule has 116 valence electrons. The summed E-state index contributed by atoms with van der Waals surface area (Å²) in [6.45, 7) is 8.19. The van der Waals surface area contributed by atoms with Crippen LogP contribution < -0.4 is 10.6 Å². The smallest absolute Gasteiger partial charge is 0.305 e. The molecular weight excluding hydrogens is 256 g/mol. The van der Waals surface area contributed by atoms with Crippen LogP contribution in [0.2, 0.25) is 0 Å². The Balaban J connectivity index is 2.37. The quantitative estimate of drug-likeness (QED) is 0.666. The minimum atomic E-state index is -0.862. The van der Waals surface area contributed by atoms with E-state index in [2.05, 4.69) is 31.4 Å². The van der Waals surface area contributed by atoms with Crippen LogP contribution >= 0.6 is 0 Å². The molecule has 0 aromatic rings. The number of nitrogens with one attached hydrogen (secondary N) is 2. The molecule has 0 aliphatic carbocycles. The summed E-state index contributed by atoms with van der Waals surface area (Å²) < 4.78 is 0. The van der Waals surface area contributed by atoms with Gasteiger partial charge in [0, 0.05) is 12.5 Å². The zero-order valence-corrected chi connectivity index (χ0v) is 12.9. The van der Waals surface area contributed by atoms with Crippen LogP contribution in [0.25, 0.3) is 0 Å². The molecule has 5 nitrogen and oxygen atoms in total. The fourth-order valence-corrected chi connectivity index (χ4v) is 2.72. The molecule has 2 unspecified atom stereocenters. The Morgan fingerprint density at radius 1 is 1.40 bits per heavy atom. The van der Waals surface area contributed by atoms with Gasteiger partial charge in [-0.25, -0.2) is 0 Å². The van der Waals surface area contributed by atoms with Crippen LogP contribution in [0.1, 0.15) is 52.9 Å². The number of rotatable bonds is 7. The molecule has 0 saturated carbocycles. The average Bonchev–Trinajstić information content (AvgIpc) is 2.75. The summed E-state index contributed by atoms with van der Waals surface area (Å²) in [6, 6.07) is -0.276. The lowest BCUT2D eigenvalue weighted by Gasteiger charge is -2.26. The lowest BCUT2D eigenvalue weighted by Crippen LogP contribution is -2.39. The van der Waals surface area contributed by atoms with Gasteiger partial charge in [-0.1, -0.05) is 20.8 Å². The second-order valence-electron chi connectivity index (χ2n) is 7.02. The van der Waals surface area contributed by atoms with Gasteiger partial charge in [0.15, 0.2) is 0 Å². The van der Waals surface area contributed by atoms with Crippen LogP contribution in [0.4, 0.5) is 0 Å². The summed E-state index contributed by atoms with van der Waals surface area (Å²) in [5.41, 5.74) is 0.00275. The Labute approximate surface area is 121 Å². The molecule has 0 aromatic heterocycles.